The second-order valence-electron chi connectivity index (χ2n) is 21.7. The van der Waals surface area contributed by atoms with Gasteiger partial charge in [-0.1, -0.05) is 0 Å². The maximum Gasteiger partial charge on any atom is 0.321 e. The Hall–Kier alpha value is -8.09. The van der Waals surface area contributed by atoms with Crippen LogP contribution in [0, 0.1) is 27.7 Å². The average Bonchev–Trinajstić information content (AvgIpc) is 3.35. The molecule has 30 nitrogen and oxygen atoms in total. The Kier molecular flexibility index (Phi) is 29.0. The Morgan fingerprint density at radius 2 is 0.659 bits per heavy atom. The van der Waals surface area contributed by atoms with Gasteiger partial charge in [-0.3, -0.25) is 65.2 Å². The maximum atomic E-state index is 12.3. The topological polar surface area (TPSA) is 397 Å². The van der Waals surface area contributed by atoms with Gasteiger partial charge in [-0.05, 0) is 47.0 Å². The second kappa shape index (κ2) is 34.9. The number of carbonyl (C=O) groups is 5. The first kappa shape index (κ1) is 68.2. The van der Waals surface area contributed by atoms with E-state index < -0.39 is 24.1 Å². The molecule has 0 radical (unpaired) electrons. The number of unbranched alkanes of at least 4 members (excludes halogenated alkanes) is 2. The van der Waals surface area contributed by atoms with Crippen molar-refractivity contribution in [1.82, 2.24) is 66.5 Å². The number of H-pyrrole nitrogens is 4. The van der Waals surface area contributed by atoms with Gasteiger partial charge in [0.05, 0.1) is 87.7 Å². The van der Waals surface area contributed by atoms with Crippen LogP contribution in [-0.2, 0) is 4.79 Å². The molecular formula is C52H89N20O10+3. The quantitative estimate of drug-likeness (QED) is 0.0240. The molecule has 30 heteroatoms. The zero-order chi connectivity index (χ0) is 60.7. The van der Waals surface area contributed by atoms with Gasteiger partial charge in [-0.15, -0.1) is 0 Å². The van der Waals surface area contributed by atoms with E-state index in [4.69, 9.17) is 5.11 Å². The van der Waals surface area contributed by atoms with Crippen molar-refractivity contribution in [1.29, 1.82) is 0 Å². The van der Waals surface area contributed by atoms with Crippen LogP contribution in [0.4, 0.5) is 43.0 Å². The van der Waals surface area contributed by atoms with Gasteiger partial charge in [0, 0.05) is 118 Å². The van der Waals surface area contributed by atoms with Gasteiger partial charge in [0.1, 0.15) is 0 Å². The highest BCUT2D eigenvalue weighted by molar-refractivity contribution is 5.88. The van der Waals surface area contributed by atoms with Gasteiger partial charge in [0.25, 0.3) is 22.2 Å². The number of aliphatic hydroxyl groups is 1. The molecule has 4 aromatic rings. The monoisotopic (exact) mass is 1150 g/mol. The summed E-state index contributed by atoms with van der Waals surface area (Å²) in [5, 5.41) is 33.0. The largest absolute Gasteiger partial charge is 0.396 e. The molecule has 0 saturated heterocycles. The smallest absolute Gasteiger partial charge is 0.321 e. The van der Waals surface area contributed by atoms with Gasteiger partial charge in [-0.25, -0.2) is 39.1 Å². The fourth-order valence-corrected chi connectivity index (χ4v) is 8.62. The number of aromatic amines is 4. The average molecular weight is 1150 g/mol. The number of nitrogens with zero attached hydrogens (tertiary/aromatic N) is 7. The summed E-state index contributed by atoms with van der Waals surface area (Å²) in [5.74, 6) is 0.155. The first-order chi connectivity index (χ1) is 38.7. The Labute approximate surface area is 477 Å². The van der Waals surface area contributed by atoms with Crippen LogP contribution in [-0.4, -0.2) is 209 Å². The lowest BCUT2D eigenvalue weighted by Crippen LogP contribution is -2.49. The first-order valence-corrected chi connectivity index (χ1v) is 27.6. The van der Waals surface area contributed by atoms with Crippen molar-refractivity contribution in [2.45, 2.75) is 85.5 Å². The molecule has 0 fully saturated rings. The SMILES string of the molecule is Cc1cc(=O)[nH]c(NC(=O)NCCC[N+](C)(CCCCC[N+](C)(C)C)CCCNC(=O)Nc2nc(C)cc(=O)[nH]2)n1.Cc1cc(=O)[nH]c(NC(=O)NCCC[N+](C)(CCCNC(=O)CCO)CCCNC(=O)Nc2nc(C)cc(=O)[nH]2)n1. The number of anilines is 4. The van der Waals surface area contributed by atoms with E-state index in [2.05, 4.69) is 123 Å². The second-order valence-corrected chi connectivity index (χ2v) is 21.7. The van der Waals surface area contributed by atoms with E-state index in [-0.39, 0.29) is 65.0 Å². The molecular weight excluding hydrogens is 1060 g/mol. The number of amides is 9. The molecule has 0 saturated carbocycles. The predicted molar refractivity (Wildman–Crippen MR) is 313 cm³/mol. The molecule has 0 atom stereocenters. The van der Waals surface area contributed by atoms with Crippen LogP contribution in [0.15, 0.2) is 43.4 Å². The molecule has 0 aliphatic heterocycles. The van der Waals surface area contributed by atoms with Crippen LogP contribution >= 0.6 is 0 Å². The fourth-order valence-electron chi connectivity index (χ4n) is 8.62. The van der Waals surface area contributed by atoms with E-state index in [1.807, 2.05) is 0 Å². The number of nitrogens with one attached hydrogen (secondary N) is 13. The highest BCUT2D eigenvalue weighted by Crippen LogP contribution is 2.12. The minimum atomic E-state index is -0.487. The Balaban J connectivity index is 0.000000430. The summed E-state index contributed by atoms with van der Waals surface area (Å²) in [6.45, 7) is 14.7. The van der Waals surface area contributed by atoms with Gasteiger partial charge in [-0.2, -0.15) is 0 Å². The minimum Gasteiger partial charge on any atom is -0.396 e. The number of urea groups is 4. The fraction of sp³-hybridized carbons (Fsp3) is 0.596. The first-order valence-electron chi connectivity index (χ1n) is 27.6. The van der Waals surface area contributed by atoms with Crippen LogP contribution in [0.3, 0.4) is 0 Å². The lowest BCUT2D eigenvalue weighted by Gasteiger charge is -2.35. The number of aryl methyl sites for hydroxylation is 4. The molecule has 0 aliphatic rings. The highest BCUT2D eigenvalue weighted by atomic mass is 16.3. The van der Waals surface area contributed by atoms with E-state index in [1.54, 1.807) is 27.7 Å². The van der Waals surface area contributed by atoms with Crippen molar-refractivity contribution in [2.75, 3.05) is 142 Å². The molecule has 0 aromatic carbocycles. The molecule has 454 valence electrons. The number of rotatable bonds is 32. The molecule has 14 N–H and O–H groups in total. The van der Waals surface area contributed by atoms with Gasteiger partial charge >= 0.3 is 24.1 Å². The summed E-state index contributed by atoms with van der Waals surface area (Å²) >= 11 is 0. The van der Waals surface area contributed by atoms with Gasteiger partial charge in [0.2, 0.25) is 29.7 Å². The number of carbonyl (C=O) groups excluding carboxylic acids is 5. The van der Waals surface area contributed by atoms with Crippen LogP contribution < -0.4 is 70.1 Å². The highest BCUT2D eigenvalue weighted by Gasteiger charge is 2.23. The predicted octanol–water partition coefficient (Wildman–Crippen LogP) is 1.05. The van der Waals surface area contributed by atoms with E-state index in [9.17, 15) is 43.2 Å². The summed E-state index contributed by atoms with van der Waals surface area (Å²) in [6.07, 6.45) is 7.00. The van der Waals surface area contributed by atoms with Crippen LogP contribution in [0.2, 0.25) is 0 Å². The third kappa shape index (κ3) is 30.5. The summed E-state index contributed by atoms with van der Waals surface area (Å²) < 4.78 is 2.39. The normalized spacial score (nSPS) is 11.3. The summed E-state index contributed by atoms with van der Waals surface area (Å²) in [5.41, 5.74) is 0.646. The van der Waals surface area contributed by atoms with Gasteiger partial charge in [0.15, 0.2) is 0 Å². The molecule has 0 unspecified atom stereocenters. The molecule has 4 aromatic heterocycles. The molecule has 82 heavy (non-hydrogen) atoms. The van der Waals surface area contributed by atoms with Crippen LogP contribution in [0.1, 0.15) is 80.6 Å². The zero-order valence-electron chi connectivity index (χ0n) is 49.1. The third-order valence-electron chi connectivity index (χ3n) is 12.6. The standard InChI is InChI=1S/C27H46N10O4.C25H40N10O6/c1-20-18-22(38)32-24(30-20)34-26(40)28-12-10-16-37(6,15-9-7-8-14-36(3,4)5)17-11-13-29-27(41)35-25-31-21(2)19-23(39)33-25;1-17-15-20(38)31-22(29-17)33-24(40)27-9-5-12-35(3,11-4-8-26-19(37)7-14-36)13-6-10-28-25(41)34-23-30-18(2)16-21(39)32-23/h18-19H,7-17H2,1-6H3,(H4-2,28,29,30,31,32,33,34,35,38,39,40,41);15-16,36H,4-14H2,1-3H3,(H6-,26,27,28,29,30,31,32,33,34,37,38,39,40,41)/p+3. The minimum absolute atomic E-state index is 0.0610. The summed E-state index contributed by atoms with van der Waals surface area (Å²) in [7, 11) is 10.9. The Morgan fingerprint density at radius 3 is 0.915 bits per heavy atom. The molecule has 0 spiro atoms. The van der Waals surface area contributed by atoms with Crippen molar-refractivity contribution < 1.29 is 42.5 Å². The van der Waals surface area contributed by atoms with Crippen molar-refractivity contribution >= 4 is 53.8 Å². The van der Waals surface area contributed by atoms with E-state index in [1.165, 1.54) is 24.3 Å². The number of hydrogen-bond acceptors (Lipinski definition) is 14. The van der Waals surface area contributed by atoms with E-state index in [0.717, 1.165) is 73.8 Å². The number of quaternary nitrogens is 3. The molecule has 0 bridgehead atoms. The lowest BCUT2D eigenvalue weighted by atomic mass is 10.1. The van der Waals surface area contributed by atoms with Crippen molar-refractivity contribution in [3.05, 3.63) is 88.5 Å². The molecule has 4 rings (SSSR count). The molecule has 4 heterocycles. The number of hydrogen-bond donors (Lipinski definition) is 14. The van der Waals surface area contributed by atoms with Crippen molar-refractivity contribution in [2.24, 2.45) is 0 Å². The van der Waals surface area contributed by atoms with Crippen molar-refractivity contribution in [3.8, 4) is 0 Å². The number of aromatic nitrogens is 8. The summed E-state index contributed by atoms with van der Waals surface area (Å²) in [6, 6.07) is 3.54. The van der Waals surface area contributed by atoms with E-state index in [0.29, 0.717) is 92.3 Å². The number of aliphatic hydroxyl groups excluding tert-OH is 1. The van der Waals surface area contributed by atoms with Gasteiger partial charge < -0.3 is 45.1 Å². The van der Waals surface area contributed by atoms with Crippen LogP contribution in [0.25, 0.3) is 0 Å². The third-order valence-corrected chi connectivity index (χ3v) is 12.6. The van der Waals surface area contributed by atoms with Crippen molar-refractivity contribution in [3.63, 3.8) is 0 Å². The summed E-state index contributed by atoms with van der Waals surface area (Å²) in [4.78, 5) is 133. The Morgan fingerprint density at radius 1 is 0.402 bits per heavy atom. The zero-order valence-corrected chi connectivity index (χ0v) is 49.1. The molecule has 0 aliphatic carbocycles. The van der Waals surface area contributed by atoms with Crippen LogP contribution in [0.5, 0.6) is 0 Å². The Bertz CT molecular complexity index is 2750. The lowest BCUT2D eigenvalue weighted by molar-refractivity contribution is -0.910. The molecule has 9 amide bonds. The maximum absolute atomic E-state index is 12.3. The van der Waals surface area contributed by atoms with E-state index >= 15 is 0 Å².